The minimum atomic E-state index is -0.566. The van der Waals surface area contributed by atoms with Gasteiger partial charge in [0.2, 0.25) is 17.7 Å². The molecular weight excluding hydrogens is 456 g/mol. The van der Waals surface area contributed by atoms with Gasteiger partial charge >= 0.3 is 5.97 Å². The highest BCUT2D eigenvalue weighted by molar-refractivity contribution is 6.22. The Morgan fingerprint density at radius 2 is 1.64 bits per heavy atom. The number of carbonyl (C=O) groups is 4. The third-order valence-corrected chi connectivity index (χ3v) is 7.93. The third kappa shape index (κ3) is 4.21. The normalized spacial score (nSPS) is 25.9. The van der Waals surface area contributed by atoms with Crippen LogP contribution in [0.4, 0.5) is 11.4 Å². The topological polar surface area (TPSA) is 84.0 Å². The number of esters is 1. The molecule has 5 rings (SSSR count). The molecule has 2 aliphatic heterocycles. The molecule has 0 N–H and O–H groups in total. The number of carbonyl (C=O) groups excluding carboxylic acids is 4. The average Bonchev–Trinajstić information content (AvgIpc) is 3.33. The molecule has 188 valence electrons. The van der Waals surface area contributed by atoms with Crippen molar-refractivity contribution in [3.63, 3.8) is 0 Å². The van der Waals surface area contributed by atoms with E-state index in [2.05, 4.69) is 6.92 Å². The van der Waals surface area contributed by atoms with Gasteiger partial charge in [-0.25, -0.2) is 4.90 Å². The smallest absolute Gasteiger partial charge is 0.316 e. The minimum Gasteiger partial charge on any atom is -0.426 e. The molecular formula is C29H32N2O5. The van der Waals surface area contributed by atoms with Crippen molar-refractivity contribution in [2.24, 2.45) is 23.7 Å². The van der Waals surface area contributed by atoms with Gasteiger partial charge < -0.3 is 9.64 Å². The molecule has 3 amide bonds. The van der Waals surface area contributed by atoms with E-state index in [0.717, 1.165) is 36.1 Å². The highest BCUT2D eigenvalue weighted by Gasteiger charge is 2.50. The summed E-state index contributed by atoms with van der Waals surface area (Å²) >= 11 is 0. The second-order valence-corrected chi connectivity index (χ2v) is 10.7. The highest BCUT2D eigenvalue weighted by atomic mass is 16.5. The zero-order valence-electron chi connectivity index (χ0n) is 21.2. The van der Waals surface area contributed by atoms with Gasteiger partial charge in [-0.15, -0.1) is 0 Å². The number of benzene rings is 2. The second kappa shape index (κ2) is 9.19. The summed E-state index contributed by atoms with van der Waals surface area (Å²) in [6.07, 6.45) is 2.56. The maximum atomic E-state index is 13.1. The molecule has 36 heavy (non-hydrogen) atoms. The van der Waals surface area contributed by atoms with Crippen molar-refractivity contribution in [1.29, 1.82) is 0 Å². The zero-order valence-corrected chi connectivity index (χ0v) is 21.2. The fraction of sp³-hybridized carbons (Fsp3) is 0.448. The van der Waals surface area contributed by atoms with Gasteiger partial charge in [0.1, 0.15) is 5.75 Å². The molecule has 0 bridgehead atoms. The quantitative estimate of drug-likeness (QED) is 0.360. The van der Waals surface area contributed by atoms with Crippen LogP contribution in [-0.4, -0.2) is 30.2 Å². The molecule has 7 nitrogen and oxygen atoms in total. The summed E-state index contributed by atoms with van der Waals surface area (Å²) in [7, 11) is 0. The molecule has 3 aliphatic rings. The van der Waals surface area contributed by atoms with E-state index in [0.29, 0.717) is 22.9 Å². The predicted octanol–water partition coefficient (Wildman–Crippen LogP) is 4.50. The summed E-state index contributed by atoms with van der Waals surface area (Å²) < 4.78 is 5.64. The molecule has 0 spiro atoms. The van der Waals surface area contributed by atoms with Crippen LogP contribution in [0.15, 0.2) is 36.4 Å². The van der Waals surface area contributed by atoms with Gasteiger partial charge in [-0.05, 0) is 86.9 Å². The lowest BCUT2D eigenvalue weighted by Crippen LogP contribution is -2.31. The molecule has 2 heterocycles. The van der Waals surface area contributed by atoms with Gasteiger partial charge in [-0.2, -0.15) is 0 Å². The lowest BCUT2D eigenvalue weighted by Gasteiger charge is -2.25. The van der Waals surface area contributed by atoms with Gasteiger partial charge in [-0.3, -0.25) is 19.2 Å². The van der Waals surface area contributed by atoms with Gasteiger partial charge in [0.05, 0.1) is 23.4 Å². The minimum absolute atomic E-state index is 0.0981. The van der Waals surface area contributed by atoms with Crippen LogP contribution in [0.2, 0.25) is 0 Å². The van der Waals surface area contributed by atoms with Gasteiger partial charge in [0.15, 0.2) is 0 Å². The van der Waals surface area contributed by atoms with Crippen LogP contribution in [0.1, 0.15) is 49.3 Å². The van der Waals surface area contributed by atoms with Crippen molar-refractivity contribution in [3.05, 3.63) is 53.1 Å². The van der Waals surface area contributed by atoms with E-state index in [1.54, 1.807) is 30.0 Å². The standard InChI is InChI=1S/C29H32N2O5/c1-16-6-9-22-23(11-16)28(34)31(27(22)33)24-10-8-21(13-19(24)4)36-29(35)20-14-26(32)30(15-20)25-12-17(2)5-7-18(25)3/h5,7-8,10,12-13,16,20,22-23H,6,9,11,14-15H2,1-4H3/t16-,20-,22-,23+/m1/s1. The van der Waals surface area contributed by atoms with Crippen molar-refractivity contribution < 1.29 is 23.9 Å². The van der Waals surface area contributed by atoms with Crippen LogP contribution < -0.4 is 14.5 Å². The summed E-state index contributed by atoms with van der Waals surface area (Å²) in [5.41, 5.74) is 4.09. The first-order valence-electron chi connectivity index (χ1n) is 12.7. The first-order chi connectivity index (χ1) is 17.1. The van der Waals surface area contributed by atoms with Crippen molar-refractivity contribution in [1.82, 2.24) is 0 Å². The van der Waals surface area contributed by atoms with Crippen LogP contribution in [0.3, 0.4) is 0 Å². The monoisotopic (exact) mass is 488 g/mol. The lowest BCUT2D eigenvalue weighted by atomic mass is 9.76. The Kier molecular flexibility index (Phi) is 6.18. The van der Waals surface area contributed by atoms with Gasteiger partial charge in [-0.1, -0.05) is 19.1 Å². The number of fused-ring (bicyclic) bond motifs is 1. The maximum Gasteiger partial charge on any atom is 0.316 e. The Labute approximate surface area is 211 Å². The molecule has 4 atom stereocenters. The van der Waals surface area contributed by atoms with Crippen LogP contribution in [0.25, 0.3) is 0 Å². The van der Waals surface area contributed by atoms with Crippen LogP contribution in [0, 0.1) is 44.4 Å². The summed E-state index contributed by atoms with van der Waals surface area (Å²) in [4.78, 5) is 54.7. The largest absolute Gasteiger partial charge is 0.426 e. The molecule has 7 heteroatoms. The number of nitrogens with zero attached hydrogens (tertiary/aromatic N) is 2. The molecule has 2 saturated heterocycles. The molecule has 2 aromatic rings. The van der Waals surface area contributed by atoms with E-state index in [4.69, 9.17) is 4.74 Å². The number of rotatable bonds is 4. The molecule has 1 aliphatic carbocycles. The fourth-order valence-corrected chi connectivity index (χ4v) is 5.88. The van der Waals surface area contributed by atoms with Crippen molar-refractivity contribution in [3.8, 4) is 5.75 Å². The van der Waals surface area contributed by atoms with E-state index in [-0.39, 0.29) is 42.5 Å². The number of amides is 3. The first-order valence-corrected chi connectivity index (χ1v) is 12.7. The Morgan fingerprint density at radius 1 is 0.889 bits per heavy atom. The molecule has 1 saturated carbocycles. The Bertz CT molecular complexity index is 1270. The zero-order chi connectivity index (χ0) is 25.7. The van der Waals surface area contributed by atoms with Crippen LogP contribution in [0.5, 0.6) is 5.75 Å². The van der Waals surface area contributed by atoms with Crippen molar-refractivity contribution in [2.75, 3.05) is 16.3 Å². The SMILES string of the molecule is Cc1ccc(C)c(N2C[C@H](C(=O)Oc3ccc(N4C(=O)[C@H]5C[C@H](C)CC[C@H]5C4=O)c(C)c3)CC2=O)c1. The predicted molar refractivity (Wildman–Crippen MR) is 136 cm³/mol. The molecule has 0 radical (unpaired) electrons. The number of hydrogen-bond donors (Lipinski definition) is 0. The summed E-state index contributed by atoms with van der Waals surface area (Å²) in [6, 6.07) is 10.9. The maximum absolute atomic E-state index is 13.1. The van der Waals surface area contributed by atoms with E-state index in [9.17, 15) is 19.2 Å². The van der Waals surface area contributed by atoms with Crippen molar-refractivity contribution >= 4 is 35.1 Å². The van der Waals surface area contributed by atoms with Gasteiger partial charge in [0, 0.05) is 18.7 Å². The number of aryl methyl sites for hydroxylation is 3. The number of hydrogen-bond acceptors (Lipinski definition) is 5. The van der Waals surface area contributed by atoms with E-state index in [1.165, 1.54) is 4.90 Å². The summed E-state index contributed by atoms with van der Waals surface area (Å²) in [6.45, 7) is 8.13. The lowest BCUT2D eigenvalue weighted by molar-refractivity contribution is -0.139. The van der Waals surface area contributed by atoms with Crippen LogP contribution >= 0.6 is 0 Å². The second-order valence-electron chi connectivity index (χ2n) is 10.7. The summed E-state index contributed by atoms with van der Waals surface area (Å²) in [5.74, 6) is -1.06. The third-order valence-electron chi connectivity index (χ3n) is 7.93. The van der Waals surface area contributed by atoms with Crippen molar-refractivity contribution in [2.45, 2.75) is 53.4 Å². The average molecular weight is 489 g/mol. The Morgan fingerprint density at radius 3 is 2.39 bits per heavy atom. The van der Waals surface area contributed by atoms with E-state index in [1.807, 2.05) is 32.0 Å². The number of ether oxygens (including phenoxy) is 1. The summed E-state index contributed by atoms with van der Waals surface area (Å²) in [5, 5.41) is 0. The molecule has 2 aromatic carbocycles. The highest BCUT2D eigenvalue weighted by Crippen LogP contribution is 2.43. The van der Waals surface area contributed by atoms with Crippen LogP contribution in [-0.2, 0) is 19.2 Å². The first kappa shape index (κ1) is 24.2. The molecule has 0 unspecified atom stereocenters. The van der Waals surface area contributed by atoms with E-state index < -0.39 is 11.9 Å². The molecule has 0 aromatic heterocycles. The Balaban J connectivity index is 1.29. The molecule has 3 fully saturated rings. The Hall–Kier alpha value is -3.48. The fourth-order valence-electron chi connectivity index (χ4n) is 5.88. The van der Waals surface area contributed by atoms with Gasteiger partial charge in [0.25, 0.3) is 0 Å². The number of imide groups is 1. The number of anilines is 2. The van der Waals surface area contributed by atoms with E-state index >= 15 is 0 Å².